The van der Waals surface area contributed by atoms with Crippen molar-refractivity contribution in [2.45, 2.75) is 6.17 Å². The van der Waals surface area contributed by atoms with Gasteiger partial charge in [0, 0.05) is 11.6 Å². The highest BCUT2D eigenvalue weighted by atomic mass is 32.1. The van der Waals surface area contributed by atoms with E-state index in [0.717, 1.165) is 0 Å². The summed E-state index contributed by atoms with van der Waals surface area (Å²) in [5.74, 6) is 4.61. The molecular formula is C11H13N7OS. The molecule has 9 heteroatoms. The average molecular weight is 291 g/mol. The summed E-state index contributed by atoms with van der Waals surface area (Å²) in [5.41, 5.74) is 14.1. The Bertz CT molecular complexity index is 637. The standard InChI is InChI=1S/C11H13N7OS/c12-9(13)4-15-11-17-8(5-20-11)6-2-1-3-7(16-6)10(19)18-14/h1-5,9H,12-14H2,(H,18,19). The molecule has 2 rings (SSSR count). The van der Waals surface area contributed by atoms with Gasteiger partial charge in [0.05, 0.1) is 11.9 Å². The molecule has 0 saturated carbocycles. The predicted molar refractivity (Wildman–Crippen MR) is 77.3 cm³/mol. The summed E-state index contributed by atoms with van der Waals surface area (Å²) in [5, 5.41) is 2.29. The van der Waals surface area contributed by atoms with Crippen molar-refractivity contribution in [3.05, 3.63) is 29.3 Å². The second-order valence-corrected chi connectivity index (χ2v) is 4.59. The molecule has 0 unspecified atom stereocenters. The Balaban J connectivity index is 2.26. The molecule has 0 aliphatic carbocycles. The molecule has 0 aliphatic rings. The summed E-state index contributed by atoms with van der Waals surface area (Å²) in [7, 11) is 0. The van der Waals surface area contributed by atoms with Gasteiger partial charge in [-0.15, -0.1) is 11.3 Å². The SMILES string of the molecule is NNC(=O)c1cccc(-c2csc(N=CC(N)N)n2)n1. The van der Waals surface area contributed by atoms with Crippen molar-refractivity contribution >= 4 is 28.6 Å². The van der Waals surface area contributed by atoms with Crippen molar-refractivity contribution in [3.8, 4) is 11.4 Å². The second kappa shape index (κ2) is 6.30. The van der Waals surface area contributed by atoms with Crippen LogP contribution >= 0.6 is 11.3 Å². The molecule has 20 heavy (non-hydrogen) atoms. The first-order valence-electron chi connectivity index (χ1n) is 5.59. The number of carbonyl (C=O) groups excluding carboxylic acids is 1. The summed E-state index contributed by atoms with van der Waals surface area (Å²) in [4.78, 5) is 23.9. The Hall–Kier alpha value is -2.20. The number of nitrogens with one attached hydrogen (secondary N) is 1. The van der Waals surface area contributed by atoms with Crippen molar-refractivity contribution in [2.24, 2.45) is 22.3 Å². The highest BCUT2D eigenvalue weighted by molar-refractivity contribution is 7.13. The van der Waals surface area contributed by atoms with Crippen LogP contribution in [-0.2, 0) is 0 Å². The molecule has 0 fully saturated rings. The number of nitrogens with zero attached hydrogens (tertiary/aromatic N) is 3. The summed E-state index contributed by atoms with van der Waals surface area (Å²) >= 11 is 1.32. The molecule has 7 N–H and O–H groups in total. The van der Waals surface area contributed by atoms with E-state index in [1.165, 1.54) is 17.6 Å². The van der Waals surface area contributed by atoms with Gasteiger partial charge >= 0.3 is 0 Å². The van der Waals surface area contributed by atoms with Gasteiger partial charge in [0.25, 0.3) is 5.91 Å². The van der Waals surface area contributed by atoms with Gasteiger partial charge in [-0.3, -0.25) is 10.2 Å². The molecule has 0 atom stereocenters. The average Bonchev–Trinajstić information content (AvgIpc) is 2.93. The zero-order chi connectivity index (χ0) is 14.5. The number of hydrogen-bond donors (Lipinski definition) is 4. The van der Waals surface area contributed by atoms with Crippen LogP contribution in [0.2, 0.25) is 0 Å². The molecule has 0 aromatic carbocycles. The maximum atomic E-state index is 11.4. The van der Waals surface area contributed by atoms with Crippen LogP contribution in [0.25, 0.3) is 11.4 Å². The molecule has 1 amide bonds. The number of amides is 1. The Kier molecular flexibility index (Phi) is 4.48. The van der Waals surface area contributed by atoms with Crippen LogP contribution in [0, 0.1) is 0 Å². The van der Waals surface area contributed by atoms with Crippen molar-refractivity contribution < 1.29 is 4.79 Å². The molecule has 104 valence electrons. The number of hydrogen-bond acceptors (Lipinski definition) is 8. The summed E-state index contributed by atoms with van der Waals surface area (Å²) < 4.78 is 0. The van der Waals surface area contributed by atoms with Crippen molar-refractivity contribution in [2.75, 3.05) is 0 Å². The Labute approximate surface area is 118 Å². The maximum absolute atomic E-state index is 11.4. The van der Waals surface area contributed by atoms with Gasteiger partial charge in [-0.25, -0.2) is 20.8 Å². The molecule has 0 spiro atoms. The van der Waals surface area contributed by atoms with E-state index in [-0.39, 0.29) is 5.69 Å². The van der Waals surface area contributed by atoms with Crippen LogP contribution < -0.4 is 22.7 Å². The van der Waals surface area contributed by atoms with Gasteiger partial charge < -0.3 is 11.5 Å². The van der Waals surface area contributed by atoms with Crippen LogP contribution in [0.3, 0.4) is 0 Å². The molecule has 8 nitrogen and oxygen atoms in total. The zero-order valence-corrected chi connectivity index (χ0v) is 11.2. The highest BCUT2D eigenvalue weighted by Gasteiger charge is 2.09. The van der Waals surface area contributed by atoms with E-state index in [4.69, 9.17) is 17.3 Å². The summed E-state index contributed by atoms with van der Waals surface area (Å²) in [6.45, 7) is 0. The van der Waals surface area contributed by atoms with Crippen LogP contribution in [-0.4, -0.2) is 28.3 Å². The minimum atomic E-state index is -0.628. The third-order valence-electron chi connectivity index (χ3n) is 2.22. The Morgan fingerprint density at radius 3 is 2.85 bits per heavy atom. The molecule has 2 aromatic rings. The fraction of sp³-hybridized carbons (Fsp3) is 0.0909. The number of rotatable bonds is 4. The molecule has 0 radical (unpaired) electrons. The molecule has 2 heterocycles. The topological polar surface area (TPSA) is 145 Å². The smallest absolute Gasteiger partial charge is 0.283 e. The lowest BCUT2D eigenvalue weighted by molar-refractivity contribution is 0.0949. The lowest BCUT2D eigenvalue weighted by atomic mass is 10.2. The van der Waals surface area contributed by atoms with Crippen molar-refractivity contribution in [1.82, 2.24) is 15.4 Å². The largest absolute Gasteiger partial charge is 0.312 e. The van der Waals surface area contributed by atoms with E-state index in [1.54, 1.807) is 23.6 Å². The van der Waals surface area contributed by atoms with Gasteiger partial charge in [0.1, 0.15) is 11.4 Å². The fourth-order valence-electron chi connectivity index (χ4n) is 1.37. The van der Waals surface area contributed by atoms with Crippen LogP contribution in [0.4, 0.5) is 5.13 Å². The van der Waals surface area contributed by atoms with Crippen LogP contribution in [0.15, 0.2) is 28.6 Å². The Morgan fingerprint density at radius 1 is 1.35 bits per heavy atom. The Morgan fingerprint density at radius 2 is 2.15 bits per heavy atom. The number of carbonyl (C=O) groups is 1. The van der Waals surface area contributed by atoms with E-state index in [1.807, 2.05) is 5.43 Å². The molecular weight excluding hydrogens is 278 g/mol. The maximum Gasteiger partial charge on any atom is 0.283 e. The van der Waals surface area contributed by atoms with E-state index >= 15 is 0 Å². The van der Waals surface area contributed by atoms with Gasteiger partial charge in [-0.05, 0) is 12.1 Å². The first-order chi connectivity index (χ1) is 9.60. The lowest BCUT2D eigenvalue weighted by Crippen LogP contribution is -2.31. The fourth-order valence-corrected chi connectivity index (χ4v) is 2.03. The third kappa shape index (κ3) is 3.42. The molecule has 0 aliphatic heterocycles. The summed E-state index contributed by atoms with van der Waals surface area (Å²) in [6.07, 6.45) is 0.769. The van der Waals surface area contributed by atoms with Crippen LogP contribution in [0.5, 0.6) is 0 Å². The third-order valence-corrected chi connectivity index (χ3v) is 2.97. The number of nitrogens with two attached hydrogens (primary N) is 3. The van der Waals surface area contributed by atoms with E-state index in [0.29, 0.717) is 16.5 Å². The number of thiazole rings is 1. The number of aliphatic imine (C=N–C) groups is 1. The number of nitrogen functional groups attached to an aromatic ring is 1. The summed E-state index contributed by atoms with van der Waals surface area (Å²) in [6, 6.07) is 5.00. The molecule has 2 aromatic heterocycles. The van der Waals surface area contributed by atoms with Crippen molar-refractivity contribution in [1.29, 1.82) is 0 Å². The normalized spacial score (nSPS) is 11.2. The van der Waals surface area contributed by atoms with Gasteiger partial charge in [0.2, 0.25) is 5.13 Å². The van der Waals surface area contributed by atoms with Gasteiger partial charge in [-0.2, -0.15) is 0 Å². The lowest BCUT2D eigenvalue weighted by Gasteiger charge is -2.00. The van der Waals surface area contributed by atoms with Crippen molar-refractivity contribution in [3.63, 3.8) is 0 Å². The first kappa shape index (κ1) is 14.2. The predicted octanol–water partition coefficient (Wildman–Crippen LogP) is -0.246. The second-order valence-electron chi connectivity index (χ2n) is 3.75. The quantitative estimate of drug-likeness (QED) is 0.201. The van der Waals surface area contributed by atoms with Crippen LogP contribution in [0.1, 0.15) is 10.5 Å². The van der Waals surface area contributed by atoms with Gasteiger partial charge in [-0.1, -0.05) is 6.07 Å². The number of hydrazine groups is 1. The monoisotopic (exact) mass is 291 g/mol. The van der Waals surface area contributed by atoms with E-state index < -0.39 is 12.1 Å². The minimum Gasteiger partial charge on any atom is -0.312 e. The number of aromatic nitrogens is 2. The molecule has 0 bridgehead atoms. The van der Waals surface area contributed by atoms with E-state index in [2.05, 4.69) is 15.0 Å². The zero-order valence-electron chi connectivity index (χ0n) is 10.4. The molecule has 0 saturated heterocycles. The van der Waals surface area contributed by atoms with E-state index in [9.17, 15) is 4.79 Å². The highest BCUT2D eigenvalue weighted by Crippen LogP contribution is 2.25. The van der Waals surface area contributed by atoms with Gasteiger partial charge in [0.15, 0.2) is 0 Å². The number of pyridine rings is 1. The minimum absolute atomic E-state index is 0.215. The first-order valence-corrected chi connectivity index (χ1v) is 6.47.